The van der Waals surface area contributed by atoms with Crippen LogP contribution in [0.25, 0.3) is 0 Å². The van der Waals surface area contributed by atoms with E-state index in [0.717, 1.165) is 22.5 Å². The van der Waals surface area contributed by atoms with E-state index in [1.165, 1.54) is 11.1 Å². The molecule has 0 atom stereocenters. The van der Waals surface area contributed by atoms with E-state index in [4.69, 9.17) is 0 Å². The molecule has 0 saturated carbocycles. The molecular formula is C34H37N7O2. The van der Waals surface area contributed by atoms with Gasteiger partial charge in [-0.25, -0.2) is 0 Å². The van der Waals surface area contributed by atoms with Crippen LogP contribution in [0.1, 0.15) is 33.4 Å². The van der Waals surface area contributed by atoms with E-state index in [9.17, 15) is 10.2 Å². The van der Waals surface area contributed by atoms with E-state index >= 15 is 0 Å². The summed E-state index contributed by atoms with van der Waals surface area (Å²) in [6.07, 6.45) is 3.27. The Bertz CT molecular complexity index is 1550. The van der Waals surface area contributed by atoms with Gasteiger partial charge in [-0.05, 0) is 87.4 Å². The Balaban J connectivity index is 1.21. The minimum absolute atomic E-state index is 0.135. The summed E-state index contributed by atoms with van der Waals surface area (Å²) in [6.45, 7) is 10.5. The molecule has 9 nitrogen and oxygen atoms in total. The smallest absolute Gasteiger partial charge is 0.124 e. The molecule has 0 heterocycles. The second-order valence-corrected chi connectivity index (χ2v) is 10.3. The van der Waals surface area contributed by atoms with Crippen LogP contribution in [0.5, 0.6) is 11.5 Å². The summed E-state index contributed by atoms with van der Waals surface area (Å²) in [5.74, 6) is 0.270. The number of rotatable bonds is 12. The number of phenols is 2. The van der Waals surface area contributed by atoms with Gasteiger partial charge in [-0.15, -0.1) is 0 Å². The molecule has 0 fully saturated rings. The molecule has 0 spiro atoms. The van der Waals surface area contributed by atoms with Crippen molar-refractivity contribution in [2.45, 2.75) is 27.7 Å². The van der Waals surface area contributed by atoms with Gasteiger partial charge in [0.15, 0.2) is 0 Å². The van der Waals surface area contributed by atoms with Crippen molar-refractivity contribution in [3.63, 3.8) is 0 Å². The molecule has 0 unspecified atom stereocenters. The highest BCUT2D eigenvalue weighted by atomic mass is 16.3. The Morgan fingerprint density at radius 1 is 0.558 bits per heavy atom. The zero-order valence-electron chi connectivity index (χ0n) is 25.0. The molecule has 0 amide bonds. The molecule has 0 bridgehead atoms. The van der Waals surface area contributed by atoms with E-state index in [-0.39, 0.29) is 11.5 Å². The van der Waals surface area contributed by atoms with Crippen molar-refractivity contribution < 1.29 is 10.2 Å². The van der Waals surface area contributed by atoms with Gasteiger partial charge in [0, 0.05) is 36.6 Å². The number of benzene rings is 4. The van der Waals surface area contributed by atoms with Gasteiger partial charge in [0.2, 0.25) is 0 Å². The lowest BCUT2D eigenvalue weighted by atomic mass is 10.1. The van der Waals surface area contributed by atoms with Crippen molar-refractivity contribution in [2.24, 2.45) is 30.4 Å². The van der Waals surface area contributed by atoms with Crippen LogP contribution in [-0.2, 0) is 0 Å². The molecule has 0 aliphatic heterocycles. The van der Waals surface area contributed by atoms with Crippen LogP contribution in [-0.4, -0.2) is 48.8 Å². The molecule has 0 radical (unpaired) electrons. The Hall–Kier alpha value is -5.02. The third-order valence-electron chi connectivity index (χ3n) is 6.57. The Labute approximate surface area is 252 Å². The average molecular weight is 576 g/mol. The minimum Gasteiger partial charge on any atom is -0.507 e. The SMILES string of the molecule is Cc1ccc(N=Nc2ccc(O)c(C=NCCNCCN=Cc3cc(N=Nc4ccc(C)cc4C)ccc3O)c2)c(C)c1. The zero-order valence-corrected chi connectivity index (χ0v) is 25.0. The number of nitrogens with zero attached hydrogens (tertiary/aromatic N) is 6. The molecular weight excluding hydrogens is 538 g/mol. The van der Waals surface area contributed by atoms with Crippen molar-refractivity contribution >= 4 is 35.2 Å². The van der Waals surface area contributed by atoms with Crippen molar-refractivity contribution in [1.82, 2.24) is 5.32 Å². The summed E-state index contributed by atoms with van der Waals surface area (Å²) in [4.78, 5) is 8.82. The maximum absolute atomic E-state index is 10.2. The van der Waals surface area contributed by atoms with E-state index in [2.05, 4.69) is 47.9 Å². The number of hydrogen-bond donors (Lipinski definition) is 3. The molecule has 220 valence electrons. The molecule has 0 aliphatic carbocycles. The fourth-order valence-electron chi connectivity index (χ4n) is 4.21. The number of aliphatic imine (C=N–C) groups is 2. The van der Waals surface area contributed by atoms with Gasteiger partial charge in [0.1, 0.15) is 11.5 Å². The summed E-state index contributed by atoms with van der Waals surface area (Å²) >= 11 is 0. The number of aryl methyl sites for hydroxylation is 4. The lowest BCUT2D eigenvalue weighted by Gasteiger charge is -2.03. The second-order valence-electron chi connectivity index (χ2n) is 10.3. The summed E-state index contributed by atoms with van der Waals surface area (Å²) < 4.78 is 0. The Morgan fingerprint density at radius 2 is 1.00 bits per heavy atom. The zero-order chi connectivity index (χ0) is 30.6. The first-order chi connectivity index (χ1) is 20.8. The fraction of sp³-hybridized carbons (Fsp3) is 0.235. The highest BCUT2D eigenvalue weighted by molar-refractivity contribution is 5.85. The van der Waals surface area contributed by atoms with E-state index in [1.54, 1.807) is 48.8 Å². The summed E-state index contributed by atoms with van der Waals surface area (Å²) in [5, 5.41) is 41.0. The van der Waals surface area contributed by atoms with Crippen LogP contribution in [0.2, 0.25) is 0 Å². The maximum atomic E-state index is 10.2. The van der Waals surface area contributed by atoms with Crippen LogP contribution in [0.4, 0.5) is 22.7 Å². The number of nitrogens with one attached hydrogen (secondary N) is 1. The van der Waals surface area contributed by atoms with Crippen LogP contribution < -0.4 is 5.32 Å². The van der Waals surface area contributed by atoms with Crippen molar-refractivity contribution in [3.05, 3.63) is 106 Å². The molecule has 4 aromatic rings. The number of azo groups is 2. The fourth-order valence-corrected chi connectivity index (χ4v) is 4.21. The van der Waals surface area contributed by atoms with Gasteiger partial charge in [-0.1, -0.05) is 35.4 Å². The predicted octanol–water partition coefficient (Wildman–Crippen LogP) is 8.29. The van der Waals surface area contributed by atoms with Gasteiger partial charge in [-0.3, -0.25) is 9.98 Å². The Morgan fingerprint density at radius 3 is 1.42 bits per heavy atom. The van der Waals surface area contributed by atoms with Gasteiger partial charge in [0.25, 0.3) is 0 Å². The standard InChI is InChI=1S/C34H37N7O2/c1-23-5-9-31(25(3)17-23)40-38-29-7-11-33(42)27(19-29)21-36-15-13-35-14-16-37-22-28-20-30(8-12-34(28)43)39-41-32-10-6-24(2)18-26(32)4/h5-12,17-22,35,42-43H,13-16H2,1-4H3. The van der Waals surface area contributed by atoms with Gasteiger partial charge in [-0.2, -0.15) is 20.5 Å². The van der Waals surface area contributed by atoms with E-state index < -0.39 is 0 Å². The molecule has 0 saturated heterocycles. The molecule has 0 aliphatic rings. The lowest BCUT2D eigenvalue weighted by Crippen LogP contribution is -2.20. The number of aromatic hydroxyl groups is 2. The first-order valence-electron chi connectivity index (χ1n) is 14.1. The van der Waals surface area contributed by atoms with Crippen LogP contribution in [0, 0.1) is 27.7 Å². The molecule has 43 heavy (non-hydrogen) atoms. The third-order valence-corrected chi connectivity index (χ3v) is 6.57. The number of hydrogen-bond acceptors (Lipinski definition) is 9. The monoisotopic (exact) mass is 575 g/mol. The van der Waals surface area contributed by atoms with E-state index in [1.807, 2.05) is 52.0 Å². The van der Waals surface area contributed by atoms with Crippen LogP contribution in [0.15, 0.2) is 103 Å². The van der Waals surface area contributed by atoms with Crippen LogP contribution in [0.3, 0.4) is 0 Å². The second kappa shape index (κ2) is 15.3. The van der Waals surface area contributed by atoms with Gasteiger partial charge >= 0.3 is 0 Å². The molecule has 9 heteroatoms. The first-order valence-corrected chi connectivity index (χ1v) is 14.1. The molecule has 0 aromatic heterocycles. The molecule has 3 N–H and O–H groups in total. The topological polar surface area (TPSA) is 127 Å². The Kier molecular flexibility index (Phi) is 11.0. The molecule has 4 aromatic carbocycles. The van der Waals surface area contributed by atoms with Crippen molar-refractivity contribution in [2.75, 3.05) is 26.2 Å². The maximum Gasteiger partial charge on any atom is 0.124 e. The summed E-state index contributed by atoms with van der Waals surface area (Å²) in [5.41, 5.74) is 8.52. The minimum atomic E-state index is 0.135. The average Bonchev–Trinajstić information content (AvgIpc) is 2.98. The largest absolute Gasteiger partial charge is 0.507 e. The quantitative estimate of drug-likeness (QED) is 0.0893. The highest BCUT2D eigenvalue weighted by Gasteiger charge is 2.03. The summed E-state index contributed by atoms with van der Waals surface area (Å²) in [6, 6.07) is 22.1. The van der Waals surface area contributed by atoms with Gasteiger partial charge < -0.3 is 15.5 Å². The van der Waals surface area contributed by atoms with E-state index in [0.29, 0.717) is 48.7 Å². The normalized spacial score (nSPS) is 12.0. The third kappa shape index (κ3) is 9.51. The first kappa shape index (κ1) is 30.9. The van der Waals surface area contributed by atoms with Crippen LogP contribution >= 0.6 is 0 Å². The lowest BCUT2D eigenvalue weighted by molar-refractivity contribution is 0.474. The predicted molar refractivity (Wildman–Crippen MR) is 174 cm³/mol. The highest BCUT2D eigenvalue weighted by Crippen LogP contribution is 2.27. The van der Waals surface area contributed by atoms with Crippen molar-refractivity contribution in [1.29, 1.82) is 0 Å². The summed E-state index contributed by atoms with van der Waals surface area (Å²) in [7, 11) is 0. The van der Waals surface area contributed by atoms with Crippen molar-refractivity contribution in [3.8, 4) is 11.5 Å². The molecule has 4 rings (SSSR count). The van der Waals surface area contributed by atoms with Gasteiger partial charge in [0.05, 0.1) is 35.8 Å². The number of phenolic OH excluding ortho intramolecular Hbond substituents is 2.